The maximum atomic E-state index is 11.6. The summed E-state index contributed by atoms with van der Waals surface area (Å²) in [5, 5.41) is 0.685. The van der Waals surface area contributed by atoms with Gasteiger partial charge in [-0.05, 0) is 51.0 Å². The minimum Gasteiger partial charge on any atom is -0.492 e. The highest BCUT2D eigenvalue weighted by molar-refractivity contribution is 6.30. The smallest absolute Gasteiger partial charge is 0.314 e. The lowest BCUT2D eigenvalue weighted by atomic mass is 9.95. The third-order valence-corrected chi connectivity index (χ3v) is 2.96. The van der Waals surface area contributed by atoms with E-state index in [2.05, 4.69) is 0 Å². The van der Waals surface area contributed by atoms with Crippen molar-refractivity contribution in [3.63, 3.8) is 0 Å². The van der Waals surface area contributed by atoms with E-state index in [1.165, 1.54) is 7.11 Å². The molecular weight excluding hydrogens is 252 g/mol. The number of ether oxygens (including phenoxy) is 2. The second-order valence-corrected chi connectivity index (χ2v) is 5.47. The number of hydrogen-bond donors (Lipinski definition) is 0. The van der Waals surface area contributed by atoms with Gasteiger partial charge in [0.15, 0.2) is 0 Å². The van der Waals surface area contributed by atoms with E-state index in [0.717, 1.165) is 16.9 Å². The molecule has 0 aliphatic heterocycles. The predicted octanol–water partition coefficient (Wildman–Crippen LogP) is 3.53. The minimum atomic E-state index is -0.673. The van der Waals surface area contributed by atoms with Crippen molar-refractivity contribution in [1.82, 2.24) is 0 Å². The van der Waals surface area contributed by atoms with Crippen molar-refractivity contribution in [2.75, 3.05) is 13.7 Å². The summed E-state index contributed by atoms with van der Waals surface area (Å²) in [4.78, 5) is 11.6. The first-order chi connectivity index (χ1) is 8.27. The maximum absolute atomic E-state index is 11.6. The van der Waals surface area contributed by atoms with E-state index in [4.69, 9.17) is 21.1 Å². The number of halogens is 1. The van der Waals surface area contributed by atoms with Crippen molar-refractivity contribution < 1.29 is 14.3 Å². The Labute approximate surface area is 113 Å². The van der Waals surface area contributed by atoms with Gasteiger partial charge in [-0.1, -0.05) is 11.6 Å². The van der Waals surface area contributed by atoms with Crippen LogP contribution in [0.25, 0.3) is 0 Å². The van der Waals surface area contributed by atoms with E-state index in [-0.39, 0.29) is 12.6 Å². The number of aryl methyl sites for hydroxylation is 2. The molecule has 0 aliphatic carbocycles. The summed E-state index contributed by atoms with van der Waals surface area (Å²) in [5.41, 5.74) is 1.24. The zero-order valence-electron chi connectivity index (χ0n) is 11.5. The highest BCUT2D eigenvalue weighted by Gasteiger charge is 2.30. The summed E-state index contributed by atoms with van der Waals surface area (Å²) in [6, 6.07) is 3.68. The monoisotopic (exact) mass is 270 g/mol. The average molecular weight is 271 g/mol. The Hall–Kier alpha value is -1.22. The molecule has 1 aromatic carbocycles. The van der Waals surface area contributed by atoms with Crippen LogP contribution in [0.3, 0.4) is 0 Å². The van der Waals surface area contributed by atoms with Crippen molar-refractivity contribution in [2.45, 2.75) is 27.7 Å². The minimum absolute atomic E-state index is 0.267. The van der Waals surface area contributed by atoms with Gasteiger partial charge in [-0.2, -0.15) is 0 Å². The number of benzene rings is 1. The van der Waals surface area contributed by atoms with Gasteiger partial charge >= 0.3 is 5.97 Å². The molecule has 0 aromatic heterocycles. The largest absolute Gasteiger partial charge is 0.492 e. The van der Waals surface area contributed by atoms with Gasteiger partial charge in [-0.15, -0.1) is 0 Å². The zero-order valence-corrected chi connectivity index (χ0v) is 12.2. The lowest BCUT2D eigenvalue weighted by molar-refractivity contribution is -0.152. The van der Waals surface area contributed by atoms with Gasteiger partial charge in [-0.3, -0.25) is 4.79 Å². The van der Waals surface area contributed by atoms with Crippen molar-refractivity contribution in [2.24, 2.45) is 5.41 Å². The number of methoxy groups -OCH3 is 1. The molecule has 0 N–H and O–H groups in total. The Morgan fingerprint density at radius 1 is 1.28 bits per heavy atom. The molecule has 1 rings (SSSR count). The Kier molecular flexibility index (Phi) is 4.63. The molecule has 0 spiro atoms. The first-order valence-electron chi connectivity index (χ1n) is 5.76. The van der Waals surface area contributed by atoms with Crippen molar-refractivity contribution in [1.29, 1.82) is 0 Å². The van der Waals surface area contributed by atoms with Crippen LogP contribution in [0.15, 0.2) is 12.1 Å². The third kappa shape index (κ3) is 3.39. The molecule has 100 valence electrons. The second-order valence-electron chi connectivity index (χ2n) is 5.03. The molecule has 0 aliphatic rings. The second kappa shape index (κ2) is 5.61. The van der Waals surface area contributed by atoms with Crippen LogP contribution < -0.4 is 4.74 Å². The summed E-state index contributed by atoms with van der Waals surface area (Å²) < 4.78 is 10.5. The average Bonchev–Trinajstić information content (AvgIpc) is 2.26. The molecule has 4 heteroatoms. The van der Waals surface area contributed by atoms with Gasteiger partial charge in [-0.25, -0.2) is 0 Å². The van der Waals surface area contributed by atoms with Crippen LogP contribution in [0.2, 0.25) is 5.02 Å². The SMILES string of the molecule is COC(=O)C(C)(C)COc1c(C)cc(Cl)cc1C. The summed E-state index contributed by atoms with van der Waals surface area (Å²) in [5.74, 6) is 0.489. The fourth-order valence-corrected chi connectivity index (χ4v) is 2.04. The van der Waals surface area contributed by atoms with Crippen LogP contribution in [0.1, 0.15) is 25.0 Å². The lowest BCUT2D eigenvalue weighted by Gasteiger charge is -2.23. The molecule has 18 heavy (non-hydrogen) atoms. The van der Waals surface area contributed by atoms with Gasteiger partial charge in [0, 0.05) is 5.02 Å². The first-order valence-corrected chi connectivity index (χ1v) is 6.13. The van der Waals surface area contributed by atoms with E-state index in [9.17, 15) is 4.79 Å². The van der Waals surface area contributed by atoms with Crippen LogP contribution in [0.4, 0.5) is 0 Å². The van der Waals surface area contributed by atoms with Crippen LogP contribution in [0.5, 0.6) is 5.75 Å². The Bertz CT molecular complexity index is 429. The molecule has 3 nitrogen and oxygen atoms in total. The molecule has 0 unspecified atom stereocenters. The van der Waals surface area contributed by atoms with E-state index < -0.39 is 5.41 Å². The van der Waals surface area contributed by atoms with Crippen LogP contribution in [-0.2, 0) is 9.53 Å². The van der Waals surface area contributed by atoms with Gasteiger partial charge < -0.3 is 9.47 Å². The fraction of sp³-hybridized carbons (Fsp3) is 0.500. The van der Waals surface area contributed by atoms with Crippen molar-refractivity contribution in [3.05, 3.63) is 28.3 Å². The van der Waals surface area contributed by atoms with Crippen LogP contribution in [-0.4, -0.2) is 19.7 Å². The third-order valence-electron chi connectivity index (χ3n) is 2.74. The molecule has 1 aromatic rings. The molecule has 0 amide bonds. The van der Waals surface area contributed by atoms with Gasteiger partial charge in [0.25, 0.3) is 0 Å². The molecule has 0 fully saturated rings. The van der Waals surface area contributed by atoms with Crippen LogP contribution >= 0.6 is 11.6 Å². The summed E-state index contributed by atoms with van der Waals surface area (Å²) >= 11 is 5.96. The first kappa shape index (κ1) is 14.8. The molecule has 0 atom stereocenters. The molecule has 0 heterocycles. The topological polar surface area (TPSA) is 35.5 Å². The molecule has 0 saturated carbocycles. The molecule has 0 radical (unpaired) electrons. The van der Waals surface area contributed by atoms with E-state index in [1.807, 2.05) is 26.0 Å². The highest BCUT2D eigenvalue weighted by Crippen LogP contribution is 2.29. The van der Waals surface area contributed by atoms with E-state index >= 15 is 0 Å². The van der Waals surface area contributed by atoms with Gasteiger partial charge in [0.1, 0.15) is 12.4 Å². The summed E-state index contributed by atoms with van der Waals surface area (Å²) in [7, 11) is 1.38. The standard InChI is InChI=1S/C14H19ClO3/c1-9-6-11(15)7-10(2)12(9)18-8-14(3,4)13(16)17-5/h6-7H,8H2,1-5H3. The van der Waals surface area contributed by atoms with Crippen molar-refractivity contribution in [3.8, 4) is 5.75 Å². The summed E-state index contributed by atoms with van der Waals surface area (Å²) in [6.07, 6.45) is 0. The van der Waals surface area contributed by atoms with Gasteiger partial charge in [0.2, 0.25) is 0 Å². The van der Waals surface area contributed by atoms with Gasteiger partial charge in [0.05, 0.1) is 12.5 Å². The Morgan fingerprint density at radius 3 is 2.22 bits per heavy atom. The molecule has 0 bridgehead atoms. The molecular formula is C14H19ClO3. The number of carbonyl (C=O) groups excluding carboxylic acids is 1. The number of carbonyl (C=O) groups is 1. The zero-order chi connectivity index (χ0) is 13.9. The number of rotatable bonds is 4. The normalized spacial score (nSPS) is 11.2. The predicted molar refractivity (Wildman–Crippen MR) is 72.2 cm³/mol. The Morgan fingerprint density at radius 2 is 1.78 bits per heavy atom. The lowest BCUT2D eigenvalue weighted by Crippen LogP contribution is -2.32. The highest BCUT2D eigenvalue weighted by atomic mass is 35.5. The quantitative estimate of drug-likeness (QED) is 0.785. The van der Waals surface area contributed by atoms with E-state index in [1.54, 1.807) is 13.8 Å². The summed E-state index contributed by atoms with van der Waals surface area (Å²) in [6.45, 7) is 7.71. The number of esters is 1. The van der Waals surface area contributed by atoms with E-state index in [0.29, 0.717) is 5.02 Å². The van der Waals surface area contributed by atoms with Crippen LogP contribution in [0, 0.1) is 19.3 Å². The molecule has 0 saturated heterocycles. The number of hydrogen-bond acceptors (Lipinski definition) is 3. The fourth-order valence-electron chi connectivity index (χ4n) is 1.71. The van der Waals surface area contributed by atoms with Crippen molar-refractivity contribution >= 4 is 17.6 Å². The maximum Gasteiger partial charge on any atom is 0.314 e. The Balaban J connectivity index is 2.84.